The molecule has 25 heavy (non-hydrogen) atoms. The van der Waals surface area contributed by atoms with Crippen molar-refractivity contribution in [3.63, 3.8) is 0 Å². The van der Waals surface area contributed by atoms with Gasteiger partial charge in [0.25, 0.3) is 5.91 Å². The van der Waals surface area contributed by atoms with Gasteiger partial charge in [-0.15, -0.1) is 0 Å². The summed E-state index contributed by atoms with van der Waals surface area (Å²) in [7, 11) is 0. The molecule has 1 amide bonds. The first kappa shape index (κ1) is 20.5. The second-order valence-electron chi connectivity index (χ2n) is 7.73. The number of nitriles is 1. The lowest BCUT2D eigenvalue weighted by molar-refractivity contribution is -0.151. The van der Waals surface area contributed by atoms with Gasteiger partial charge >= 0.3 is 5.97 Å². The van der Waals surface area contributed by atoms with Gasteiger partial charge in [0.05, 0.1) is 5.56 Å². The number of hydrogen-bond acceptors (Lipinski definition) is 5. The van der Waals surface area contributed by atoms with Crippen molar-refractivity contribution in [2.45, 2.75) is 46.6 Å². The average molecular weight is 346 g/mol. The van der Waals surface area contributed by atoms with E-state index in [2.05, 4.69) is 26.1 Å². The first-order chi connectivity index (χ1) is 11.5. The van der Waals surface area contributed by atoms with Crippen LogP contribution in [-0.4, -0.2) is 30.6 Å². The van der Waals surface area contributed by atoms with E-state index in [0.717, 1.165) is 6.42 Å². The van der Waals surface area contributed by atoms with Crippen molar-refractivity contribution in [2.75, 3.05) is 13.2 Å². The molecule has 0 aromatic heterocycles. The Balaban J connectivity index is 2.41. The summed E-state index contributed by atoms with van der Waals surface area (Å²) in [5.41, 5.74) is -0.00339. The molecule has 1 aromatic rings. The molecule has 0 saturated carbocycles. The van der Waals surface area contributed by atoms with Gasteiger partial charge in [0.1, 0.15) is 11.8 Å². The van der Waals surface area contributed by atoms with E-state index in [9.17, 15) is 9.59 Å². The number of nitrogens with one attached hydrogen (secondary N) is 1. The molecule has 6 nitrogen and oxygen atoms in total. The minimum Gasteiger partial charge on any atom is -0.481 e. The zero-order valence-corrected chi connectivity index (χ0v) is 15.5. The number of esters is 1. The molecule has 0 spiro atoms. The Bertz CT molecular complexity index is 654. The minimum atomic E-state index is -0.670. The van der Waals surface area contributed by atoms with Crippen molar-refractivity contribution in [1.82, 2.24) is 5.32 Å². The number of nitrogens with zero attached hydrogens (tertiary/aromatic N) is 1. The summed E-state index contributed by atoms with van der Waals surface area (Å²) >= 11 is 0. The van der Waals surface area contributed by atoms with Crippen molar-refractivity contribution in [1.29, 1.82) is 5.26 Å². The van der Waals surface area contributed by atoms with Crippen LogP contribution in [0.4, 0.5) is 0 Å². The molecule has 0 aliphatic heterocycles. The van der Waals surface area contributed by atoms with Gasteiger partial charge in [-0.1, -0.05) is 32.9 Å². The van der Waals surface area contributed by atoms with Gasteiger partial charge in [-0.25, -0.2) is 4.79 Å². The lowest BCUT2D eigenvalue weighted by Crippen LogP contribution is -2.47. The molecule has 0 fully saturated rings. The number of ether oxygens (including phenoxy) is 2. The maximum Gasteiger partial charge on any atom is 0.344 e. The summed E-state index contributed by atoms with van der Waals surface area (Å²) < 4.78 is 10.2. The molecule has 6 heteroatoms. The fourth-order valence-corrected chi connectivity index (χ4v) is 2.79. The molecule has 0 unspecified atom stereocenters. The minimum absolute atomic E-state index is 0.0649. The van der Waals surface area contributed by atoms with Gasteiger partial charge in [-0.2, -0.15) is 5.26 Å². The standard InChI is InChI=1S/C19H26N2O4/c1-18(2,3)13-19(4,5)21-16(22)11-25-17(23)12-24-15-9-7-6-8-14(15)10-20/h6-9H,11-13H2,1-5H3,(H,21,22). The third-order valence-corrected chi connectivity index (χ3v) is 3.17. The van der Waals surface area contributed by atoms with E-state index in [0.29, 0.717) is 11.3 Å². The fraction of sp³-hybridized carbons (Fsp3) is 0.526. The molecule has 0 atom stereocenters. The van der Waals surface area contributed by atoms with E-state index >= 15 is 0 Å². The predicted molar refractivity (Wildman–Crippen MR) is 93.9 cm³/mol. The summed E-state index contributed by atoms with van der Waals surface area (Å²) in [6, 6.07) is 8.55. The van der Waals surface area contributed by atoms with Crippen LogP contribution < -0.4 is 10.1 Å². The first-order valence-electron chi connectivity index (χ1n) is 8.11. The SMILES string of the molecule is CC(C)(C)CC(C)(C)NC(=O)COC(=O)COc1ccccc1C#N. The van der Waals surface area contributed by atoms with E-state index in [-0.39, 0.29) is 24.5 Å². The van der Waals surface area contributed by atoms with Gasteiger partial charge in [-0.3, -0.25) is 4.79 Å². The van der Waals surface area contributed by atoms with Crippen LogP contribution in [0.5, 0.6) is 5.75 Å². The Labute approximate surface area is 149 Å². The van der Waals surface area contributed by atoms with Gasteiger partial charge in [0, 0.05) is 5.54 Å². The number of benzene rings is 1. The van der Waals surface area contributed by atoms with Crippen LogP contribution >= 0.6 is 0 Å². The average Bonchev–Trinajstić information content (AvgIpc) is 2.48. The molecule has 0 heterocycles. The van der Waals surface area contributed by atoms with Crippen LogP contribution in [0.15, 0.2) is 24.3 Å². The number of hydrogen-bond donors (Lipinski definition) is 1. The number of rotatable bonds is 7. The molecule has 136 valence electrons. The topological polar surface area (TPSA) is 88.4 Å². The van der Waals surface area contributed by atoms with Gasteiger partial charge in [0.15, 0.2) is 13.2 Å². The van der Waals surface area contributed by atoms with Crippen LogP contribution in [0.25, 0.3) is 0 Å². The number of amides is 1. The van der Waals surface area contributed by atoms with E-state index < -0.39 is 11.5 Å². The van der Waals surface area contributed by atoms with Gasteiger partial charge in [-0.05, 0) is 37.8 Å². The smallest absolute Gasteiger partial charge is 0.344 e. The molecule has 1 aromatic carbocycles. The van der Waals surface area contributed by atoms with Crippen molar-refractivity contribution in [3.8, 4) is 11.8 Å². The highest BCUT2D eigenvalue weighted by Crippen LogP contribution is 2.26. The fourth-order valence-electron chi connectivity index (χ4n) is 2.79. The number of carbonyl (C=O) groups excluding carboxylic acids is 2. The summed E-state index contributed by atoms with van der Waals surface area (Å²) in [6.07, 6.45) is 0.785. The monoisotopic (exact) mass is 346 g/mol. The number of para-hydroxylation sites is 1. The quantitative estimate of drug-likeness (QED) is 0.767. The van der Waals surface area contributed by atoms with Crippen molar-refractivity contribution >= 4 is 11.9 Å². The Hall–Kier alpha value is -2.55. The second-order valence-corrected chi connectivity index (χ2v) is 7.73. The lowest BCUT2D eigenvalue weighted by Gasteiger charge is -2.33. The molecule has 0 aliphatic carbocycles. The van der Waals surface area contributed by atoms with Gasteiger partial charge in [0.2, 0.25) is 0 Å². The van der Waals surface area contributed by atoms with E-state index in [1.165, 1.54) is 0 Å². The highest BCUT2D eigenvalue weighted by Gasteiger charge is 2.27. The summed E-state index contributed by atoms with van der Waals surface area (Å²) in [4.78, 5) is 23.7. The molecular formula is C19H26N2O4. The third kappa shape index (κ3) is 8.20. The van der Waals surface area contributed by atoms with Crippen molar-refractivity contribution in [2.24, 2.45) is 5.41 Å². The summed E-state index contributed by atoms with van der Waals surface area (Å²) in [6.45, 7) is 9.42. The Morgan fingerprint density at radius 3 is 2.36 bits per heavy atom. The predicted octanol–water partition coefficient (Wildman–Crippen LogP) is 2.81. The molecule has 1 rings (SSSR count). The van der Waals surface area contributed by atoms with E-state index in [1.54, 1.807) is 24.3 Å². The first-order valence-corrected chi connectivity index (χ1v) is 8.11. The number of carbonyl (C=O) groups is 2. The molecule has 0 radical (unpaired) electrons. The van der Waals surface area contributed by atoms with Crippen molar-refractivity contribution in [3.05, 3.63) is 29.8 Å². The Morgan fingerprint density at radius 2 is 1.76 bits per heavy atom. The normalized spacial score (nSPS) is 11.4. The van der Waals surface area contributed by atoms with Crippen molar-refractivity contribution < 1.29 is 19.1 Å². The second kappa shape index (κ2) is 8.52. The van der Waals surface area contributed by atoms with Crippen LogP contribution in [0, 0.1) is 16.7 Å². The largest absolute Gasteiger partial charge is 0.481 e. The highest BCUT2D eigenvalue weighted by molar-refractivity contribution is 5.81. The van der Waals surface area contributed by atoms with Crippen LogP contribution in [-0.2, 0) is 14.3 Å². The van der Waals surface area contributed by atoms with Crippen LogP contribution in [0.2, 0.25) is 0 Å². The molecular weight excluding hydrogens is 320 g/mol. The van der Waals surface area contributed by atoms with Gasteiger partial charge < -0.3 is 14.8 Å². The maximum absolute atomic E-state index is 12.0. The zero-order valence-electron chi connectivity index (χ0n) is 15.5. The van der Waals surface area contributed by atoms with E-state index in [1.807, 2.05) is 19.9 Å². The lowest BCUT2D eigenvalue weighted by atomic mass is 9.82. The molecule has 0 bridgehead atoms. The maximum atomic E-state index is 12.0. The highest BCUT2D eigenvalue weighted by atomic mass is 16.6. The van der Waals surface area contributed by atoms with Crippen LogP contribution in [0.1, 0.15) is 46.6 Å². The molecule has 1 N–H and O–H groups in total. The molecule has 0 aliphatic rings. The summed E-state index contributed by atoms with van der Waals surface area (Å²) in [5.74, 6) is -0.728. The van der Waals surface area contributed by atoms with Crippen LogP contribution in [0.3, 0.4) is 0 Å². The summed E-state index contributed by atoms with van der Waals surface area (Å²) in [5, 5.41) is 11.8. The Morgan fingerprint density at radius 1 is 1.12 bits per heavy atom. The molecule has 0 saturated heterocycles. The van der Waals surface area contributed by atoms with E-state index in [4.69, 9.17) is 14.7 Å². The zero-order chi connectivity index (χ0) is 19.1. The Kier molecular flexibility index (Phi) is 6.98. The third-order valence-electron chi connectivity index (χ3n) is 3.17.